The topological polar surface area (TPSA) is 69.7 Å². The molecule has 6 nitrogen and oxygen atoms in total. The zero-order valence-electron chi connectivity index (χ0n) is 12.3. The van der Waals surface area contributed by atoms with E-state index in [1.807, 2.05) is 12.1 Å². The lowest BCUT2D eigenvalue weighted by Crippen LogP contribution is -2.54. The molecule has 0 radical (unpaired) electrons. The Hall–Kier alpha value is -2.08. The lowest BCUT2D eigenvalue weighted by atomic mass is 10.1. The molecular formula is C15H18ClN3O3. The summed E-state index contributed by atoms with van der Waals surface area (Å²) in [4.78, 5) is 37.8. The standard InChI is InChI=1S/C15H18ClN3O3/c1-18-9-15(22)19(10-14(18)21)8-13(20)17-7-6-11-2-4-12(16)5-3-11/h2-5H,6-10H2,1H3,(H,17,20). The van der Waals surface area contributed by atoms with Gasteiger partial charge in [0.2, 0.25) is 17.7 Å². The number of amides is 3. The van der Waals surface area contributed by atoms with E-state index in [1.54, 1.807) is 19.2 Å². The Bertz CT molecular complexity index is 574. The van der Waals surface area contributed by atoms with Crippen LogP contribution in [0.4, 0.5) is 0 Å². The van der Waals surface area contributed by atoms with E-state index in [-0.39, 0.29) is 37.4 Å². The fourth-order valence-corrected chi connectivity index (χ4v) is 2.26. The first-order chi connectivity index (χ1) is 10.5. The van der Waals surface area contributed by atoms with E-state index in [1.165, 1.54) is 9.80 Å². The largest absolute Gasteiger partial charge is 0.354 e. The molecule has 22 heavy (non-hydrogen) atoms. The summed E-state index contributed by atoms with van der Waals surface area (Å²) in [7, 11) is 1.57. The van der Waals surface area contributed by atoms with Gasteiger partial charge < -0.3 is 15.1 Å². The first kappa shape index (κ1) is 16.3. The van der Waals surface area contributed by atoms with Gasteiger partial charge in [-0.15, -0.1) is 0 Å². The average molecular weight is 324 g/mol. The molecule has 1 N–H and O–H groups in total. The molecule has 1 saturated heterocycles. The normalized spacial score (nSPS) is 15.2. The molecule has 1 fully saturated rings. The van der Waals surface area contributed by atoms with Crippen LogP contribution in [-0.4, -0.2) is 60.7 Å². The Morgan fingerprint density at radius 1 is 1.18 bits per heavy atom. The number of carbonyl (C=O) groups excluding carboxylic acids is 3. The van der Waals surface area contributed by atoms with E-state index >= 15 is 0 Å². The second-order valence-electron chi connectivity index (χ2n) is 5.23. The fourth-order valence-electron chi connectivity index (χ4n) is 2.13. The third-order valence-corrected chi connectivity index (χ3v) is 3.71. The lowest BCUT2D eigenvalue weighted by molar-refractivity contribution is -0.150. The van der Waals surface area contributed by atoms with Gasteiger partial charge >= 0.3 is 0 Å². The summed E-state index contributed by atoms with van der Waals surface area (Å²) < 4.78 is 0. The van der Waals surface area contributed by atoms with Crippen LogP contribution >= 0.6 is 11.6 Å². The molecule has 1 aliphatic heterocycles. The van der Waals surface area contributed by atoms with Gasteiger partial charge in [-0.2, -0.15) is 0 Å². The van der Waals surface area contributed by atoms with Gasteiger partial charge in [0.25, 0.3) is 0 Å². The predicted molar refractivity (Wildman–Crippen MR) is 82.4 cm³/mol. The molecule has 0 aromatic heterocycles. The Kier molecular flexibility index (Phi) is 5.38. The van der Waals surface area contributed by atoms with Crippen LogP contribution in [-0.2, 0) is 20.8 Å². The second kappa shape index (κ2) is 7.26. The summed E-state index contributed by atoms with van der Waals surface area (Å²) in [5, 5.41) is 3.42. The molecule has 3 amide bonds. The molecule has 0 saturated carbocycles. The molecule has 1 heterocycles. The molecule has 7 heteroatoms. The van der Waals surface area contributed by atoms with Crippen molar-refractivity contribution in [3.05, 3.63) is 34.9 Å². The number of benzene rings is 1. The fraction of sp³-hybridized carbons (Fsp3) is 0.400. The van der Waals surface area contributed by atoms with Gasteiger partial charge in [-0.1, -0.05) is 23.7 Å². The van der Waals surface area contributed by atoms with Gasteiger partial charge in [-0.25, -0.2) is 0 Å². The molecule has 0 aliphatic carbocycles. The number of rotatable bonds is 5. The molecule has 1 aliphatic rings. The van der Waals surface area contributed by atoms with Crippen LogP contribution < -0.4 is 5.32 Å². The highest BCUT2D eigenvalue weighted by atomic mass is 35.5. The van der Waals surface area contributed by atoms with Crippen LogP contribution in [0.3, 0.4) is 0 Å². The van der Waals surface area contributed by atoms with Crippen LogP contribution in [0.1, 0.15) is 5.56 Å². The number of nitrogens with one attached hydrogen (secondary N) is 1. The van der Waals surface area contributed by atoms with Gasteiger partial charge in [-0.05, 0) is 24.1 Å². The van der Waals surface area contributed by atoms with Crippen LogP contribution in [0.5, 0.6) is 0 Å². The maximum Gasteiger partial charge on any atom is 0.243 e. The lowest BCUT2D eigenvalue weighted by Gasteiger charge is -2.31. The molecular weight excluding hydrogens is 306 g/mol. The molecule has 1 aromatic rings. The highest BCUT2D eigenvalue weighted by Gasteiger charge is 2.28. The SMILES string of the molecule is CN1CC(=O)N(CC(=O)NCCc2ccc(Cl)cc2)CC1=O. The Morgan fingerprint density at radius 2 is 1.86 bits per heavy atom. The minimum atomic E-state index is -0.264. The first-order valence-corrected chi connectivity index (χ1v) is 7.36. The summed E-state index contributed by atoms with van der Waals surface area (Å²) in [6.45, 7) is 0.367. The smallest absolute Gasteiger partial charge is 0.243 e. The Morgan fingerprint density at radius 3 is 2.55 bits per heavy atom. The maximum absolute atomic E-state index is 11.8. The third kappa shape index (κ3) is 4.46. The van der Waals surface area contributed by atoms with Crippen LogP contribution in [0.25, 0.3) is 0 Å². The van der Waals surface area contributed by atoms with Crippen molar-refractivity contribution in [3.8, 4) is 0 Å². The van der Waals surface area contributed by atoms with Gasteiger partial charge in [0.15, 0.2) is 0 Å². The summed E-state index contributed by atoms with van der Waals surface area (Å²) >= 11 is 5.80. The van der Waals surface area contributed by atoms with E-state index in [0.717, 1.165) is 5.56 Å². The van der Waals surface area contributed by atoms with Gasteiger partial charge in [0.1, 0.15) is 13.1 Å². The zero-order valence-corrected chi connectivity index (χ0v) is 13.1. The predicted octanol–water partition coefficient (Wildman–Crippen LogP) is 0.299. The average Bonchev–Trinajstić information content (AvgIpc) is 2.47. The van der Waals surface area contributed by atoms with Crippen molar-refractivity contribution in [2.45, 2.75) is 6.42 Å². The number of nitrogens with zero attached hydrogens (tertiary/aromatic N) is 2. The second-order valence-corrected chi connectivity index (χ2v) is 5.66. The van der Waals surface area contributed by atoms with E-state index < -0.39 is 0 Å². The molecule has 0 bridgehead atoms. The molecule has 0 atom stereocenters. The van der Waals surface area contributed by atoms with E-state index in [9.17, 15) is 14.4 Å². The first-order valence-electron chi connectivity index (χ1n) is 6.98. The van der Waals surface area contributed by atoms with E-state index in [4.69, 9.17) is 11.6 Å². The summed E-state index contributed by atoms with van der Waals surface area (Å²) in [5.74, 6) is -0.636. The highest BCUT2D eigenvalue weighted by Crippen LogP contribution is 2.09. The van der Waals surface area contributed by atoms with Crippen LogP contribution in [0.2, 0.25) is 5.02 Å². The monoisotopic (exact) mass is 323 g/mol. The van der Waals surface area contributed by atoms with Crippen molar-refractivity contribution in [1.82, 2.24) is 15.1 Å². The molecule has 0 unspecified atom stereocenters. The van der Waals surface area contributed by atoms with Crippen molar-refractivity contribution in [2.24, 2.45) is 0 Å². The quantitative estimate of drug-likeness (QED) is 0.847. The van der Waals surface area contributed by atoms with Gasteiger partial charge in [-0.3, -0.25) is 14.4 Å². The summed E-state index contributed by atoms with van der Waals surface area (Å²) in [6.07, 6.45) is 0.679. The number of piperazine rings is 1. The van der Waals surface area contributed by atoms with Crippen LogP contribution in [0.15, 0.2) is 24.3 Å². The Balaban J connectivity index is 1.75. The number of hydrogen-bond donors (Lipinski definition) is 1. The number of hydrogen-bond acceptors (Lipinski definition) is 3. The minimum Gasteiger partial charge on any atom is -0.354 e. The van der Waals surface area contributed by atoms with Crippen molar-refractivity contribution in [1.29, 1.82) is 0 Å². The minimum absolute atomic E-state index is 0.0247. The third-order valence-electron chi connectivity index (χ3n) is 3.46. The van der Waals surface area contributed by atoms with Crippen molar-refractivity contribution in [2.75, 3.05) is 33.2 Å². The molecule has 0 spiro atoms. The summed E-state index contributed by atoms with van der Waals surface area (Å²) in [6, 6.07) is 7.40. The van der Waals surface area contributed by atoms with Gasteiger partial charge in [0, 0.05) is 18.6 Å². The van der Waals surface area contributed by atoms with E-state index in [0.29, 0.717) is 18.0 Å². The summed E-state index contributed by atoms with van der Waals surface area (Å²) in [5.41, 5.74) is 1.07. The van der Waals surface area contributed by atoms with Crippen molar-refractivity contribution >= 4 is 29.3 Å². The highest BCUT2D eigenvalue weighted by molar-refractivity contribution is 6.30. The van der Waals surface area contributed by atoms with Crippen molar-refractivity contribution in [3.63, 3.8) is 0 Å². The maximum atomic E-state index is 11.8. The number of likely N-dealkylation sites (N-methyl/N-ethyl adjacent to an activating group) is 1. The zero-order chi connectivity index (χ0) is 16.1. The van der Waals surface area contributed by atoms with Crippen LogP contribution in [0, 0.1) is 0 Å². The molecule has 2 rings (SSSR count). The van der Waals surface area contributed by atoms with E-state index in [2.05, 4.69) is 5.32 Å². The number of halogens is 1. The van der Waals surface area contributed by atoms with Crippen molar-refractivity contribution < 1.29 is 14.4 Å². The van der Waals surface area contributed by atoms with Gasteiger partial charge in [0.05, 0.1) is 6.54 Å². The molecule has 118 valence electrons. The Labute approximate surface area is 134 Å². The molecule has 1 aromatic carbocycles. The number of carbonyl (C=O) groups is 3.